The van der Waals surface area contributed by atoms with Gasteiger partial charge in [-0.05, 0) is 40.5 Å². The largest absolute Gasteiger partial charge is 0.397 e. The van der Waals surface area contributed by atoms with Gasteiger partial charge in [0.1, 0.15) is 0 Å². The van der Waals surface area contributed by atoms with Crippen molar-refractivity contribution in [1.29, 1.82) is 0 Å². The minimum Gasteiger partial charge on any atom is -0.397 e. The number of nitrogens with zero attached hydrogens (tertiary/aromatic N) is 1. The van der Waals surface area contributed by atoms with Crippen LogP contribution in [0.4, 0.5) is 17.1 Å². The molecule has 2 rings (SSSR count). The van der Waals surface area contributed by atoms with Crippen LogP contribution in [0.5, 0.6) is 0 Å². The molecule has 0 fully saturated rings. The van der Waals surface area contributed by atoms with Crippen molar-refractivity contribution in [3.8, 4) is 0 Å². The molecule has 0 unspecified atom stereocenters. The Bertz CT molecular complexity index is 511. The molecule has 82 valence electrons. The molecule has 0 spiro atoms. The van der Waals surface area contributed by atoms with Gasteiger partial charge >= 0.3 is 0 Å². The van der Waals surface area contributed by atoms with Gasteiger partial charge in [-0.2, -0.15) is 0 Å². The van der Waals surface area contributed by atoms with Crippen LogP contribution in [0, 0.1) is 6.92 Å². The second-order valence-corrected chi connectivity index (χ2v) is 4.36. The van der Waals surface area contributed by atoms with Crippen molar-refractivity contribution < 1.29 is 0 Å². The predicted octanol–water partition coefficient (Wildman–Crippen LogP) is 3.48. The van der Waals surface area contributed by atoms with E-state index in [2.05, 4.69) is 26.2 Å². The van der Waals surface area contributed by atoms with E-state index < -0.39 is 0 Å². The van der Waals surface area contributed by atoms with Crippen molar-refractivity contribution in [3.05, 3.63) is 46.7 Å². The number of rotatable bonds is 2. The summed E-state index contributed by atoms with van der Waals surface area (Å²) in [6, 6.07) is 7.90. The Morgan fingerprint density at radius 1 is 1.31 bits per heavy atom. The van der Waals surface area contributed by atoms with Gasteiger partial charge in [-0.3, -0.25) is 4.98 Å². The molecule has 0 amide bonds. The van der Waals surface area contributed by atoms with Gasteiger partial charge in [0.25, 0.3) is 0 Å². The highest BCUT2D eigenvalue weighted by atomic mass is 79.9. The van der Waals surface area contributed by atoms with E-state index in [0.717, 1.165) is 15.8 Å². The van der Waals surface area contributed by atoms with Crippen LogP contribution in [-0.4, -0.2) is 4.98 Å². The summed E-state index contributed by atoms with van der Waals surface area (Å²) < 4.78 is 1.05. The van der Waals surface area contributed by atoms with E-state index in [1.165, 1.54) is 5.56 Å². The van der Waals surface area contributed by atoms with E-state index in [-0.39, 0.29) is 0 Å². The van der Waals surface area contributed by atoms with Crippen molar-refractivity contribution in [2.45, 2.75) is 6.92 Å². The number of hydrogen-bond donors (Lipinski definition) is 2. The zero-order valence-corrected chi connectivity index (χ0v) is 10.5. The number of halogens is 1. The molecule has 1 aromatic heterocycles. The van der Waals surface area contributed by atoms with E-state index in [9.17, 15) is 0 Å². The molecular formula is C12H12BrN3. The highest BCUT2D eigenvalue weighted by Gasteiger charge is 2.02. The molecule has 0 aliphatic heterocycles. The third-order valence-electron chi connectivity index (χ3n) is 2.23. The maximum Gasteiger partial charge on any atom is 0.0591 e. The Hall–Kier alpha value is -1.55. The first-order chi connectivity index (χ1) is 7.66. The van der Waals surface area contributed by atoms with E-state index in [0.29, 0.717) is 5.69 Å². The number of nitrogen functional groups attached to an aromatic ring is 1. The van der Waals surface area contributed by atoms with Gasteiger partial charge in [0.05, 0.1) is 23.3 Å². The van der Waals surface area contributed by atoms with E-state index in [1.54, 1.807) is 12.4 Å². The number of nitrogens with two attached hydrogens (primary N) is 1. The van der Waals surface area contributed by atoms with Crippen molar-refractivity contribution in [2.24, 2.45) is 0 Å². The average molecular weight is 278 g/mol. The first-order valence-corrected chi connectivity index (χ1v) is 5.69. The van der Waals surface area contributed by atoms with Gasteiger partial charge < -0.3 is 11.1 Å². The second-order valence-electron chi connectivity index (χ2n) is 3.57. The van der Waals surface area contributed by atoms with E-state index >= 15 is 0 Å². The molecule has 0 aliphatic carbocycles. The molecule has 1 heterocycles. The monoisotopic (exact) mass is 277 g/mol. The van der Waals surface area contributed by atoms with E-state index in [1.807, 2.05) is 31.2 Å². The van der Waals surface area contributed by atoms with Crippen LogP contribution < -0.4 is 11.1 Å². The lowest BCUT2D eigenvalue weighted by Gasteiger charge is -2.10. The molecule has 0 saturated heterocycles. The van der Waals surface area contributed by atoms with Gasteiger partial charge in [-0.1, -0.05) is 12.1 Å². The molecule has 4 heteroatoms. The van der Waals surface area contributed by atoms with Crippen molar-refractivity contribution >= 4 is 33.0 Å². The third-order valence-corrected chi connectivity index (χ3v) is 3.28. The van der Waals surface area contributed by atoms with Crippen LogP contribution >= 0.6 is 15.9 Å². The first-order valence-electron chi connectivity index (χ1n) is 4.89. The van der Waals surface area contributed by atoms with Crippen LogP contribution in [0.15, 0.2) is 41.1 Å². The minimum absolute atomic E-state index is 0.647. The summed E-state index contributed by atoms with van der Waals surface area (Å²) in [5.41, 5.74) is 9.38. The van der Waals surface area contributed by atoms with Gasteiger partial charge in [0.2, 0.25) is 0 Å². The van der Waals surface area contributed by atoms with Crippen molar-refractivity contribution in [2.75, 3.05) is 11.1 Å². The van der Waals surface area contributed by atoms with Crippen LogP contribution in [0.2, 0.25) is 0 Å². The Morgan fingerprint density at radius 2 is 2.12 bits per heavy atom. The van der Waals surface area contributed by atoms with Gasteiger partial charge in [0, 0.05) is 10.7 Å². The predicted molar refractivity (Wildman–Crippen MR) is 70.8 cm³/mol. The smallest absolute Gasteiger partial charge is 0.0591 e. The van der Waals surface area contributed by atoms with Gasteiger partial charge in [-0.15, -0.1) is 0 Å². The second kappa shape index (κ2) is 4.53. The molecule has 2 aromatic rings. The number of aromatic nitrogens is 1. The summed E-state index contributed by atoms with van der Waals surface area (Å²) in [6.45, 7) is 2.05. The maximum atomic E-state index is 5.67. The molecule has 0 bridgehead atoms. The standard InChI is InChI=1S/C12H12BrN3/c1-8-3-2-4-11(12(8)13)16-10-5-9(14)6-15-7-10/h2-7,16H,14H2,1H3. The zero-order chi connectivity index (χ0) is 11.5. The fourth-order valence-corrected chi connectivity index (χ4v) is 1.79. The summed E-state index contributed by atoms with van der Waals surface area (Å²) in [5.74, 6) is 0. The Labute approximate surface area is 103 Å². The number of nitrogens with one attached hydrogen (secondary N) is 1. The molecule has 0 atom stereocenters. The van der Waals surface area contributed by atoms with Gasteiger partial charge in [-0.25, -0.2) is 0 Å². The molecular weight excluding hydrogens is 266 g/mol. The normalized spacial score (nSPS) is 10.1. The molecule has 16 heavy (non-hydrogen) atoms. The molecule has 1 aromatic carbocycles. The molecule has 0 aliphatic rings. The summed E-state index contributed by atoms with van der Waals surface area (Å²) in [5, 5.41) is 3.26. The lowest BCUT2D eigenvalue weighted by Crippen LogP contribution is -1.95. The summed E-state index contributed by atoms with van der Waals surface area (Å²) in [6.07, 6.45) is 3.36. The highest BCUT2D eigenvalue weighted by molar-refractivity contribution is 9.10. The van der Waals surface area contributed by atoms with Crippen LogP contribution in [0.3, 0.4) is 0 Å². The average Bonchev–Trinajstić information content (AvgIpc) is 2.25. The van der Waals surface area contributed by atoms with E-state index in [4.69, 9.17) is 5.73 Å². The fraction of sp³-hybridized carbons (Fsp3) is 0.0833. The number of pyridine rings is 1. The number of benzene rings is 1. The zero-order valence-electron chi connectivity index (χ0n) is 8.87. The fourth-order valence-electron chi connectivity index (χ4n) is 1.43. The molecule has 3 N–H and O–H groups in total. The highest BCUT2D eigenvalue weighted by Crippen LogP contribution is 2.28. The number of aryl methyl sites for hydroxylation is 1. The third kappa shape index (κ3) is 2.33. The molecule has 3 nitrogen and oxygen atoms in total. The maximum absolute atomic E-state index is 5.67. The molecule has 0 radical (unpaired) electrons. The lowest BCUT2D eigenvalue weighted by atomic mass is 10.2. The summed E-state index contributed by atoms with van der Waals surface area (Å²) >= 11 is 3.54. The lowest BCUT2D eigenvalue weighted by molar-refractivity contribution is 1.32. The quantitative estimate of drug-likeness (QED) is 0.884. The number of anilines is 3. The Morgan fingerprint density at radius 3 is 2.88 bits per heavy atom. The summed E-state index contributed by atoms with van der Waals surface area (Å²) in [7, 11) is 0. The van der Waals surface area contributed by atoms with Crippen molar-refractivity contribution in [3.63, 3.8) is 0 Å². The Kier molecular flexibility index (Phi) is 3.10. The van der Waals surface area contributed by atoms with Crippen molar-refractivity contribution in [1.82, 2.24) is 4.98 Å². The minimum atomic E-state index is 0.647. The van der Waals surface area contributed by atoms with Gasteiger partial charge in [0.15, 0.2) is 0 Å². The SMILES string of the molecule is Cc1cccc(Nc2cncc(N)c2)c1Br. The Balaban J connectivity index is 2.31. The van der Waals surface area contributed by atoms with Crippen LogP contribution in [0.1, 0.15) is 5.56 Å². The van der Waals surface area contributed by atoms with Crippen LogP contribution in [-0.2, 0) is 0 Å². The summed E-state index contributed by atoms with van der Waals surface area (Å²) in [4.78, 5) is 4.03. The topological polar surface area (TPSA) is 50.9 Å². The molecule has 0 saturated carbocycles. The van der Waals surface area contributed by atoms with Crippen LogP contribution in [0.25, 0.3) is 0 Å². The first kappa shape index (κ1) is 11.0. The number of hydrogen-bond acceptors (Lipinski definition) is 3.